The third-order valence-electron chi connectivity index (χ3n) is 4.10. The van der Waals surface area contributed by atoms with E-state index in [1.165, 1.54) is 12.1 Å². The zero-order valence-electron chi connectivity index (χ0n) is 10.4. The molecule has 3 nitrogen and oxygen atoms in total. The maximum absolute atomic E-state index is 13.0. The number of hydrogen-bond donors (Lipinski definition) is 1. The number of phenolic OH excluding ortho intramolecular Hbond substituents is 1. The van der Waals surface area contributed by atoms with Crippen molar-refractivity contribution < 1.29 is 14.3 Å². The molecule has 1 aromatic carbocycles. The van der Waals surface area contributed by atoms with E-state index in [1.54, 1.807) is 0 Å². The normalized spacial score (nSPS) is 29.6. The number of piperidine rings is 1. The van der Waals surface area contributed by atoms with Crippen LogP contribution >= 0.6 is 15.9 Å². The first kappa shape index (κ1) is 12.9. The molecule has 1 N–H and O–H groups in total. The molecule has 2 bridgehead atoms. The minimum Gasteiger partial charge on any atom is -0.507 e. The van der Waals surface area contributed by atoms with E-state index < -0.39 is 5.82 Å². The summed E-state index contributed by atoms with van der Waals surface area (Å²) in [6, 6.07) is 4.05. The number of nitrogens with zero attached hydrogens (tertiary/aromatic N) is 1. The number of benzene rings is 1. The summed E-state index contributed by atoms with van der Waals surface area (Å²) < 4.78 is 13.0. The lowest BCUT2D eigenvalue weighted by Gasteiger charge is -2.37. The molecule has 0 aliphatic carbocycles. The Morgan fingerprint density at radius 1 is 1.32 bits per heavy atom. The molecule has 0 spiro atoms. The van der Waals surface area contributed by atoms with Gasteiger partial charge < -0.3 is 10.0 Å². The summed E-state index contributed by atoms with van der Waals surface area (Å²) in [6.07, 6.45) is 3.93. The standard InChI is InChI=1S/C14H15BrFNO2/c15-8-5-10-2-3-11(6-8)17(10)14(19)12-4-1-9(16)7-13(12)18/h1,4,7-8,10-11,18H,2-3,5-6H2. The van der Waals surface area contributed by atoms with Gasteiger partial charge >= 0.3 is 0 Å². The number of amides is 1. The van der Waals surface area contributed by atoms with Crippen molar-refractivity contribution >= 4 is 21.8 Å². The molecule has 2 atom stereocenters. The predicted molar refractivity (Wildman–Crippen MR) is 73.0 cm³/mol. The Kier molecular flexibility index (Phi) is 3.25. The minimum atomic E-state index is -0.531. The lowest BCUT2D eigenvalue weighted by atomic mass is 10.0. The van der Waals surface area contributed by atoms with Gasteiger partial charge in [-0.1, -0.05) is 15.9 Å². The average Bonchev–Trinajstić information content (AvgIpc) is 2.61. The summed E-state index contributed by atoms with van der Waals surface area (Å²) in [4.78, 5) is 14.9. The second-order valence-electron chi connectivity index (χ2n) is 5.33. The minimum absolute atomic E-state index is 0.176. The first-order valence-corrected chi connectivity index (χ1v) is 7.43. The summed E-state index contributed by atoms with van der Waals surface area (Å²) in [5, 5.41) is 9.74. The van der Waals surface area contributed by atoms with Crippen LogP contribution in [0.1, 0.15) is 36.0 Å². The molecule has 2 heterocycles. The zero-order chi connectivity index (χ0) is 13.6. The Morgan fingerprint density at radius 2 is 1.95 bits per heavy atom. The largest absolute Gasteiger partial charge is 0.507 e. The number of fused-ring (bicyclic) bond motifs is 2. The first-order valence-electron chi connectivity index (χ1n) is 6.51. The molecule has 2 aliphatic heterocycles. The van der Waals surface area contributed by atoms with Crippen LogP contribution in [0.25, 0.3) is 0 Å². The van der Waals surface area contributed by atoms with Gasteiger partial charge in [-0.2, -0.15) is 0 Å². The monoisotopic (exact) mass is 327 g/mol. The zero-order valence-corrected chi connectivity index (χ0v) is 11.9. The maximum atomic E-state index is 13.0. The highest BCUT2D eigenvalue weighted by Crippen LogP contribution is 2.40. The third kappa shape index (κ3) is 2.24. The molecule has 5 heteroatoms. The van der Waals surface area contributed by atoms with E-state index in [0.29, 0.717) is 4.83 Å². The van der Waals surface area contributed by atoms with Crippen LogP contribution in [0.4, 0.5) is 4.39 Å². The molecule has 0 saturated carbocycles. The number of carbonyl (C=O) groups is 1. The molecule has 1 amide bonds. The van der Waals surface area contributed by atoms with Gasteiger partial charge in [-0.25, -0.2) is 4.39 Å². The fourth-order valence-corrected chi connectivity index (χ4v) is 4.13. The van der Waals surface area contributed by atoms with Crippen molar-refractivity contribution in [3.8, 4) is 5.75 Å². The number of carbonyl (C=O) groups excluding carboxylic acids is 1. The Hall–Kier alpha value is -1.10. The Balaban J connectivity index is 1.88. The molecule has 102 valence electrons. The molecular formula is C14H15BrFNO2. The van der Waals surface area contributed by atoms with E-state index in [0.717, 1.165) is 31.7 Å². The summed E-state index contributed by atoms with van der Waals surface area (Å²) in [5.41, 5.74) is 0.200. The van der Waals surface area contributed by atoms with Crippen molar-refractivity contribution in [3.05, 3.63) is 29.6 Å². The van der Waals surface area contributed by atoms with Gasteiger partial charge in [-0.05, 0) is 37.8 Å². The summed E-state index contributed by atoms with van der Waals surface area (Å²) in [7, 11) is 0. The van der Waals surface area contributed by atoms with Gasteiger partial charge in [0.1, 0.15) is 11.6 Å². The predicted octanol–water partition coefficient (Wildman–Crippen LogP) is 3.06. The van der Waals surface area contributed by atoms with Gasteiger partial charge in [-0.3, -0.25) is 4.79 Å². The van der Waals surface area contributed by atoms with Crippen molar-refractivity contribution in [2.45, 2.75) is 42.6 Å². The van der Waals surface area contributed by atoms with E-state index >= 15 is 0 Å². The highest BCUT2D eigenvalue weighted by atomic mass is 79.9. The lowest BCUT2D eigenvalue weighted by Crippen LogP contribution is -2.46. The van der Waals surface area contributed by atoms with Crippen LogP contribution in [0.2, 0.25) is 0 Å². The van der Waals surface area contributed by atoms with Crippen LogP contribution in [0, 0.1) is 5.82 Å². The van der Waals surface area contributed by atoms with Gasteiger partial charge in [0, 0.05) is 23.0 Å². The number of hydrogen-bond acceptors (Lipinski definition) is 2. The first-order chi connectivity index (χ1) is 9.06. The molecule has 2 unspecified atom stereocenters. The van der Waals surface area contributed by atoms with Crippen LogP contribution in [0.3, 0.4) is 0 Å². The molecule has 2 saturated heterocycles. The molecular weight excluding hydrogens is 313 g/mol. The maximum Gasteiger partial charge on any atom is 0.258 e. The van der Waals surface area contributed by atoms with E-state index in [2.05, 4.69) is 15.9 Å². The fourth-order valence-electron chi connectivity index (χ4n) is 3.27. The van der Waals surface area contributed by atoms with E-state index in [1.807, 2.05) is 4.90 Å². The van der Waals surface area contributed by atoms with Crippen LogP contribution in [-0.4, -0.2) is 32.8 Å². The second-order valence-corrected chi connectivity index (χ2v) is 6.62. The number of halogens is 2. The quantitative estimate of drug-likeness (QED) is 0.805. The van der Waals surface area contributed by atoms with Crippen molar-refractivity contribution in [1.82, 2.24) is 4.90 Å². The van der Waals surface area contributed by atoms with E-state index in [4.69, 9.17) is 0 Å². The van der Waals surface area contributed by atoms with Gasteiger partial charge in [0.15, 0.2) is 0 Å². The topological polar surface area (TPSA) is 40.5 Å². The number of alkyl halides is 1. The van der Waals surface area contributed by atoms with Crippen molar-refractivity contribution in [3.63, 3.8) is 0 Å². The van der Waals surface area contributed by atoms with Gasteiger partial charge in [-0.15, -0.1) is 0 Å². The summed E-state index contributed by atoms with van der Waals surface area (Å²) in [6.45, 7) is 0. The highest BCUT2D eigenvalue weighted by Gasteiger charge is 2.43. The van der Waals surface area contributed by atoms with Crippen LogP contribution < -0.4 is 0 Å². The molecule has 3 rings (SSSR count). The lowest BCUT2D eigenvalue weighted by molar-refractivity contribution is 0.0600. The molecule has 0 radical (unpaired) electrons. The summed E-state index contributed by atoms with van der Waals surface area (Å²) in [5.74, 6) is -0.981. The van der Waals surface area contributed by atoms with Crippen molar-refractivity contribution in [2.24, 2.45) is 0 Å². The fraction of sp³-hybridized carbons (Fsp3) is 0.500. The van der Waals surface area contributed by atoms with Crippen molar-refractivity contribution in [2.75, 3.05) is 0 Å². The highest BCUT2D eigenvalue weighted by molar-refractivity contribution is 9.09. The molecule has 2 fully saturated rings. The van der Waals surface area contributed by atoms with Gasteiger partial charge in [0.2, 0.25) is 0 Å². The van der Waals surface area contributed by atoms with Crippen molar-refractivity contribution in [1.29, 1.82) is 0 Å². The molecule has 0 aromatic heterocycles. The third-order valence-corrected chi connectivity index (χ3v) is 4.85. The molecule has 19 heavy (non-hydrogen) atoms. The second kappa shape index (κ2) is 4.78. The van der Waals surface area contributed by atoms with Crippen LogP contribution in [0.5, 0.6) is 5.75 Å². The SMILES string of the molecule is O=C(c1ccc(F)cc1O)N1C2CCC1CC(Br)C2. The number of aromatic hydroxyl groups is 1. The Morgan fingerprint density at radius 3 is 2.53 bits per heavy atom. The number of rotatable bonds is 1. The summed E-state index contributed by atoms with van der Waals surface area (Å²) >= 11 is 3.63. The van der Waals surface area contributed by atoms with E-state index in [-0.39, 0.29) is 29.3 Å². The van der Waals surface area contributed by atoms with Crippen LogP contribution in [-0.2, 0) is 0 Å². The Labute approximate surface area is 119 Å². The average molecular weight is 328 g/mol. The number of phenols is 1. The van der Waals surface area contributed by atoms with Gasteiger partial charge in [0.25, 0.3) is 5.91 Å². The van der Waals surface area contributed by atoms with E-state index in [9.17, 15) is 14.3 Å². The Bertz CT molecular complexity index is 508. The van der Waals surface area contributed by atoms with Crippen LogP contribution in [0.15, 0.2) is 18.2 Å². The van der Waals surface area contributed by atoms with Gasteiger partial charge in [0.05, 0.1) is 5.56 Å². The smallest absolute Gasteiger partial charge is 0.258 e. The molecule has 1 aromatic rings. The molecule has 2 aliphatic rings.